The van der Waals surface area contributed by atoms with Gasteiger partial charge in [-0.1, -0.05) is 205 Å². The molecule has 0 saturated carbocycles. The number of para-hydroxylation sites is 3. The number of nitrogens with zero attached hydrogens (tertiary/aromatic N) is 2. The molecule has 0 atom stereocenters. The zero-order valence-electron chi connectivity index (χ0n) is 39.1. The minimum atomic E-state index is -0.528. The van der Waals surface area contributed by atoms with E-state index in [0.29, 0.717) is 0 Å². The highest BCUT2D eigenvalue weighted by Crippen LogP contribution is 2.69. The van der Waals surface area contributed by atoms with E-state index in [1.807, 2.05) is 0 Å². The molecule has 0 unspecified atom stereocenters. The van der Waals surface area contributed by atoms with Crippen LogP contribution in [0.2, 0.25) is 0 Å². The SMILES string of the molecule is CC1(C)c2cc(N(c3ccccc3)c3cc4c(c5c3Cc3ccccc3-5)C(C)(C)c3ccccc3-4)cc3c2N2c4c1cccc4C(c1ccccc1)(c1ccccc1)c1cccc(c12)C3(C)C. The molecule has 322 valence electrons. The first-order valence-corrected chi connectivity index (χ1v) is 24.2. The van der Waals surface area contributed by atoms with Gasteiger partial charge < -0.3 is 9.80 Å². The van der Waals surface area contributed by atoms with Crippen molar-refractivity contribution in [3.8, 4) is 22.3 Å². The Bertz CT molecular complexity index is 3450. The van der Waals surface area contributed by atoms with Crippen molar-refractivity contribution in [1.82, 2.24) is 0 Å². The lowest BCUT2D eigenvalue weighted by Gasteiger charge is -2.56. The molecule has 14 rings (SSSR count). The van der Waals surface area contributed by atoms with Crippen molar-refractivity contribution in [3.63, 3.8) is 0 Å². The summed E-state index contributed by atoms with van der Waals surface area (Å²) in [6.07, 6.45) is 0.892. The van der Waals surface area contributed by atoms with Crippen molar-refractivity contribution >= 4 is 34.1 Å². The molecule has 0 N–H and O–H groups in total. The summed E-state index contributed by atoms with van der Waals surface area (Å²) in [5, 5.41) is 0. The van der Waals surface area contributed by atoms with Gasteiger partial charge in [0, 0.05) is 34.0 Å². The summed E-state index contributed by atoms with van der Waals surface area (Å²) in [4.78, 5) is 5.33. The summed E-state index contributed by atoms with van der Waals surface area (Å²) < 4.78 is 0. The third kappa shape index (κ3) is 4.76. The smallest absolute Gasteiger partial charge is 0.0742 e. The monoisotopic (exact) mass is 860 g/mol. The maximum absolute atomic E-state index is 2.71. The predicted molar refractivity (Wildman–Crippen MR) is 278 cm³/mol. The van der Waals surface area contributed by atoms with E-state index in [4.69, 9.17) is 0 Å². The Hall–Kier alpha value is -7.42. The molecule has 2 aliphatic carbocycles. The summed E-state index contributed by atoms with van der Waals surface area (Å²) in [6, 6.07) is 74.1. The van der Waals surface area contributed by atoms with E-state index in [9.17, 15) is 0 Å². The molecule has 0 aromatic heterocycles. The zero-order chi connectivity index (χ0) is 45.2. The van der Waals surface area contributed by atoms with Crippen LogP contribution in [-0.4, -0.2) is 0 Å². The van der Waals surface area contributed by atoms with E-state index >= 15 is 0 Å². The van der Waals surface area contributed by atoms with E-state index in [1.54, 1.807) is 0 Å². The number of anilines is 6. The number of benzene rings is 9. The first kappa shape index (κ1) is 38.8. The number of hydrogen-bond acceptors (Lipinski definition) is 2. The molecular weight excluding hydrogens is 809 g/mol. The fraction of sp³-hybridized carbons (Fsp3) is 0.169. The van der Waals surface area contributed by atoms with Crippen LogP contribution in [0.25, 0.3) is 22.3 Å². The van der Waals surface area contributed by atoms with Gasteiger partial charge in [-0.05, 0) is 119 Å². The van der Waals surface area contributed by atoms with Crippen LogP contribution in [0.4, 0.5) is 34.1 Å². The van der Waals surface area contributed by atoms with Crippen molar-refractivity contribution in [1.29, 1.82) is 0 Å². The third-order valence-electron chi connectivity index (χ3n) is 16.8. The Morgan fingerprint density at radius 2 is 0.866 bits per heavy atom. The van der Waals surface area contributed by atoms with E-state index in [2.05, 4.69) is 245 Å². The molecule has 0 fully saturated rings. The van der Waals surface area contributed by atoms with Crippen LogP contribution < -0.4 is 9.80 Å². The predicted octanol–water partition coefficient (Wildman–Crippen LogP) is 16.5. The number of fused-ring (bicyclic) bond motifs is 7. The fourth-order valence-electron chi connectivity index (χ4n) is 13.8. The number of rotatable bonds is 5. The van der Waals surface area contributed by atoms with Gasteiger partial charge in [-0.2, -0.15) is 0 Å². The van der Waals surface area contributed by atoms with Crippen molar-refractivity contribution in [2.75, 3.05) is 9.80 Å². The van der Waals surface area contributed by atoms with Gasteiger partial charge in [-0.25, -0.2) is 0 Å². The van der Waals surface area contributed by atoms with E-state index < -0.39 is 5.41 Å². The molecule has 3 heterocycles. The lowest BCUT2D eigenvalue weighted by molar-refractivity contribution is 0.583. The molecule has 0 bridgehead atoms. The quantitative estimate of drug-likeness (QED) is 0.170. The van der Waals surface area contributed by atoms with Crippen molar-refractivity contribution in [2.45, 2.75) is 69.6 Å². The van der Waals surface area contributed by atoms with Gasteiger partial charge in [0.2, 0.25) is 0 Å². The highest BCUT2D eigenvalue weighted by Gasteiger charge is 2.55. The van der Waals surface area contributed by atoms with Crippen LogP contribution in [0, 0.1) is 0 Å². The number of hydrogen-bond donors (Lipinski definition) is 0. The topological polar surface area (TPSA) is 6.48 Å². The standard InChI is InChI=1S/C65H52N2/c1-62(2)50-32-20-34-52-59(50)67-60-51(33-21-35-53(60)65(52,41-23-10-7-11-24-41)42-25-12-8-13-26-42)63(3,4)55-38-44(37-54(62)61(55)67)66(43-27-14-9-15-28-43)56-39-47-46-30-18-19-31-49(46)64(5,6)58(47)57-45-29-17-16-22-40(45)36-48(56)57/h7-35,37-39H,36H2,1-6H3. The van der Waals surface area contributed by atoms with Gasteiger partial charge in [0.15, 0.2) is 0 Å². The Labute approximate surface area is 394 Å². The molecule has 0 spiro atoms. The van der Waals surface area contributed by atoms with Crippen molar-refractivity contribution in [3.05, 3.63) is 261 Å². The molecule has 2 nitrogen and oxygen atoms in total. The molecule has 9 aromatic rings. The Morgan fingerprint density at radius 1 is 0.388 bits per heavy atom. The minimum absolute atomic E-state index is 0.140. The van der Waals surface area contributed by atoms with Crippen LogP contribution in [0.1, 0.15) is 108 Å². The van der Waals surface area contributed by atoms with Gasteiger partial charge in [0.25, 0.3) is 0 Å². The van der Waals surface area contributed by atoms with Gasteiger partial charge in [-0.3, -0.25) is 0 Å². The highest BCUT2D eigenvalue weighted by atomic mass is 15.2. The average molecular weight is 861 g/mol. The first-order chi connectivity index (χ1) is 32.5. The van der Waals surface area contributed by atoms with Crippen molar-refractivity contribution < 1.29 is 0 Å². The summed E-state index contributed by atoms with van der Waals surface area (Å²) in [7, 11) is 0. The van der Waals surface area contributed by atoms with Gasteiger partial charge in [0.1, 0.15) is 0 Å². The largest absolute Gasteiger partial charge is 0.310 e. The maximum Gasteiger partial charge on any atom is 0.0742 e. The van der Waals surface area contributed by atoms with Crippen LogP contribution in [0.5, 0.6) is 0 Å². The van der Waals surface area contributed by atoms with E-state index in [-0.39, 0.29) is 16.2 Å². The second kappa shape index (κ2) is 13.1. The fourth-order valence-corrected chi connectivity index (χ4v) is 13.8. The molecule has 67 heavy (non-hydrogen) atoms. The normalized spacial score (nSPS) is 16.9. The summed E-state index contributed by atoms with van der Waals surface area (Å²) in [5.74, 6) is 0. The van der Waals surface area contributed by atoms with Gasteiger partial charge >= 0.3 is 0 Å². The molecule has 9 aromatic carbocycles. The second-order valence-electron chi connectivity index (χ2n) is 21.2. The Kier molecular flexibility index (Phi) is 7.61. The van der Waals surface area contributed by atoms with E-state index in [0.717, 1.165) is 6.42 Å². The summed E-state index contributed by atoms with van der Waals surface area (Å²) in [5.41, 5.74) is 28.1. The molecular formula is C65H52N2. The lowest BCUT2D eigenvalue weighted by Crippen LogP contribution is -2.46. The zero-order valence-corrected chi connectivity index (χ0v) is 39.1. The molecule has 0 radical (unpaired) electrons. The maximum atomic E-state index is 2.71. The van der Waals surface area contributed by atoms with Crippen LogP contribution >= 0.6 is 0 Å². The Balaban J connectivity index is 1.08. The first-order valence-electron chi connectivity index (χ1n) is 24.2. The summed E-state index contributed by atoms with van der Waals surface area (Å²) >= 11 is 0. The van der Waals surface area contributed by atoms with Crippen LogP contribution in [0.15, 0.2) is 194 Å². The minimum Gasteiger partial charge on any atom is -0.310 e. The second-order valence-corrected chi connectivity index (χ2v) is 21.2. The van der Waals surface area contributed by atoms with Crippen LogP contribution in [-0.2, 0) is 28.1 Å². The van der Waals surface area contributed by atoms with Gasteiger partial charge in [-0.15, -0.1) is 0 Å². The molecule has 0 amide bonds. The molecule has 2 heteroatoms. The third-order valence-corrected chi connectivity index (χ3v) is 16.8. The average Bonchev–Trinajstić information content (AvgIpc) is 3.85. The van der Waals surface area contributed by atoms with E-state index in [1.165, 1.54) is 123 Å². The summed E-state index contributed by atoms with van der Waals surface area (Å²) in [6.45, 7) is 14.8. The molecule has 3 aliphatic heterocycles. The highest BCUT2D eigenvalue weighted by molar-refractivity contribution is 6.03. The molecule has 0 saturated heterocycles. The molecule has 5 aliphatic rings. The Morgan fingerprint density at radius 3 is 1.46 bits per heavy atom. The van der Waals surface area contributed by atoms with Gasteiger partial charge in [0.05, 0.1) is 28.2 Å². The van der Waals surface area contributed by atoms with Crippen LogP contribution in [0.3, 0.4) is 0 Å². The van der Waals surface area contributed by atoms with Crippen molar-refractivity contribution in [2.24, 2.45) is 0 Å². The lowest BCUT2D eigenvalue weighted by atomic mass is 9.57.